The molecule has 0 N–H and O–H groups in total. The largest absolute Gasteiger partial charge is 0.416 e. The van der Waals surface area contributed by atoms with Crippen LogP contribution in [0.2, 0.25) is 5.02 Å². The molecule has 2 aromatic rings. The average Bonchev–Trinajstić information content (AvgIpc) is 2.16. The van der Waals surface area contributed by atoms with E-state index in [4.69, 9.17) is 11.6 Å². The first-order valence-electron chi connectivity index (χ1n) is 4.24. The molecule has 0 saturated heterocycles. The second-order valence-electron chi connectivity index (χ2n) is 3.18. The summed E-state index contributed by atoms with van der Waals surface area (Å²) in [6.07, 6.45) is -4.35. The van der Waals surface area contributed by atoms with Crippen LogP contribution in [0, 0.1) is 0 Å². The summed E-state index contributed by atoms with van der Waals surface area (Å²) in [4.78, 5) is 0. The first kappa shape index (κ1) is 10.3. The summed E-state index contributed by atoms with van der Waals surface area (Å²) < 4.78 is 37.3. The summed E-state index contributed by atoms with van der Waals surface area (Å²) in [5, 5.41) is 1.25. The van der Waals surface area contributed by atoms with Gasteiger partial charge >= 0.3 is 6.18 Å². The van der Waals surface area contributed by atoms with E-state index >= 15 is 0 Å². The van der Waals surface area contributed by atoms with Crippen LogP contribution < -0.4 is 0 Å². The molecule has 0 nitrogen and oxygen atoms in total. The van der Waals surface area contributed by atoms with Crippen LogP contribution in [0.4, 0.5) is 13.2 Å². The highest BCUT2D eigenvalue weighted by Crippen LogP contribution is 2.34. The third-order valence-electron chi connectivity index (χ3n) is 2.14. The van der Waals surface area contributed by atoms with Crippen molar-refractivity contribution in [3.05, 3.63) is 47.0 Å². The molecule has 2 rings (SSSR count). The van der Waals surface area contributed by atoms with Gasteiger partial charge in [-0.2, -0.15) is 13.2 Å². The highest BCUT2D eigenvalue weighted by Gasteiger charge is 2.31. The fraction of sp³-hybridized carbons (Fsp3) is 0.0909. The van der Waals surface area contributed by atoms with E-state index in [0.717, 1.165) is 12.1 Å². The highest BCUT2D eigenvalue weighted by molar-refractivity contribution is 6.35. The Hall–Kier alpha value is -1.22. The molecule has 0 unspecified atom stereocenters. The van der Waals surface area contributed by atoms with Crippen LogP contribution in [0.3, 0.4) is 0 Å². The normalized spacial score (nSPS) is 12.0. The Kier molecular flexibility index (Phi) is 2.35. The lowest BCUT2D eigenvalue weighted by atomic mass is 10.1. The minimum absolute atomic E-state index is 0.125. The lowest BCUT2D eigenvalue weighted by molar-refractivity contribution is -0.137. The molecule has 4 heteroatoms. The van der Waals surface area contributed by atoms with Gasteiger partial charge < -0.3 is 0 Å². The number of hydrogen-bond donors (Lipinski definition) is 0. The van der Waals surface area contributed by atoms with Crippen LogP contribution in [-0.2, 0) is 6.18 Å². The molecule has 0 spiro atoms. The van der Waals surface area contributed by atoms with Crippen molar-refractivity contribution in [2.24, 2.45) is 0 Å². The minimum atomic E-state index is -4.35. The SMILES string of the molecule is FC(F)(F)c1cc(Cl)c2ccccc2c1. The zero-order valence-electron chi connectivity index (χ0n) is 7.48. The van der Waals surface area contributed by atoms with Crippen LogP contribution in [0.5, 0.6) is 0 Å². The Labute approximate surface area is 89.3 Å². The summed E-state index contributed by atoms with van der Waals surface area (Å²) in [7, 11) is 0. The lowest BCUT2D eigenvalue weighted by Gasteiger charge is -2.09. The van der Waals surface area contributed by atoms with Crippen LogP contribution in [-0.4, -0.2) is 0 Å². The highest BCUT2D eigenvalue weighted by atomic mass is 35.5. The van der Waals surface area contributed by atoms with Gasteiger partial charge in [0.25, 0.3) is 0 Å². The minimum Gasteiger partial charge on any atom is -0.166 e. The van der Waals surface area contributed by atoms with E-state index in [1.165, 1.54) is 0 Å². The predicted molar refractivity (Wildman–Crippen MR) is 54.0 cm³/mol. The molecule has 0 bridgehead atoms. The van der Waals surface area contributed by atoms with Gasteiger partial charge in [-0.25, -0.2) is 0 Å². The first-order chi connectivity index (χ1) is 6.98. The van der Waals surface area contributed by atoms with Gasteiger partial charge in [-0.1, -0.05) is 35.9 Å². The zero-order valence-corrected chi connectivity index (χ0v) is 8.23. The molecule has 15 heavy (non-hydrogen) atoms. The number of rotatable bonds is 0. The summed E-state index contributed by atoms with van der Waals surface area (Å²) in [5.41, 5.74) is -0.716. The fourth-order valence-electron chi connectivity index (χ4n) is 1.43. The van der Waals surface area contributed by atoms with Gasteiger partial charge in [0.1, 0.15) is 0 Å². The summed E-state index contributed by atoms with van der Waals surface area (Å²) in [6, 6.07) is 8.76. The van der Waals surface area contributed by atoms with Gasteiger partial charge in [0.05, 0.1) is 5.56 Å². The van der Waals surface area contributed by atoms with Gasteiger partial charge in [-0.3, -0.25) is 0 Å². The Balaban J connectivity index is 2.73. The van der Waals surface area contributed by atoms with E-state index < -0.39 is 11.7 Å². The van der Waals surface area contributed by atoms with Gasteiger partial charge in [-0.05, 0) is 17.5 Å². The third-order valence-corrected chi connectivity index (χ3v) is 2.45. The second-order valence-corrected chi connectivity index (χ2v) is 3.58. The predicted octanol–water partition coefficient (Wildman–Crippen LogP) is 4.51. The van der Waals surface area contributed by atoms with E-state index in [9.17, 15) is 13.2 Å². The molecule has 78 valence electrons. The lowest BCUT2D eigenvalue weighted by Crippen LogP contribution is -2.04. The fourth-order valence-corrected chi connectivity index (χ4v) is 1.72. The molecule has 0 aromatic heterocycles. The Morgan fingerprint density at radius 2 is 1.67 bits per heavy atom. The molecule has 0 heterocycles. The van der Waals surface area contributed by atoms with Gasteiger partial charge in [-0.15, -0.1) is 0 Å². The van der Waals surface area contributed by atoms with Crippen LogP contribution >= 0.6 is 11.6 Å². The Morgan fingerprint density at radius 3 is 2.33 bits per heavy atom. The van der Waals surface area contributed by atoms with Crippen molar-refractivity contribution in [3.8, 4) is 0 Å². The number of halogens is 4. The molecule has 0 aliphatic carbocycles. The second kappa shape index (κ2) is 3.42. The number of hydrogen-bond acceptors (Lipinski definition) is 0. The van der Waals surface area contributed by atoms with Crippen molar-refractivity contribution in [2.45, 2.75) is 6.18 Å². The van der Waals surface area contributed by atoms with Crippen LogP contribution in [0.1, 0.15) is 5.56 Å². The van der Waals surface area contributed by atoms with E-state index in [1.807, 2.05) is 0 Å². The molecule has 0 fully saturated rings. The van der Waals surface area contributed by atoms with E-state index in [2.05, 4.69) is 0 Å². The number of alkyl halides is 3. The first-order valence-corrected chi connectivity index (χ1v) is 4.62. The topological polar surface area (TPSA) is 0 Å². The third kappa shape index (κ3) is 1.92. The van der Waals surface area contributed by atoms with Crippen molar-refractivity contribution < 1.29 is 13.2 Å². The van der Waals surface area contributed by atoms with E-state index in [1.54, 1.807) is 24.3 Å². The van der Waals surface area contributed by atoms with Crippen molar-refractivity contribution >= 4 is 22.4 Å². The molecule has 0 atom stereocenters. The standard InChI is InChI=1S/C11H6ClF3/c12-10-6-8(11(13,14)15)5-7-3-1-2-4-9(7)10/h1-6H. The number of fused-ring (bicyclic) bond motifs is 1. The zero-order chi connectivity index (χ0) is 11.1. The molecule has 0 radical (unpaired) electrons. The van der Waals surface area contributed by atoms with E-state index in [-0.39, 0.29) is 5.02 Å². The summed E-state index contributed by atoms with van der Waals surface area (Å²) in [6.45, 7) is 0. The monoisotopic (exact) mass is 230 g/mol. The Morgan fingerprint density at radius 1 is 1.00 bits per heavy atom. The van der Waals surface area contributed by atoms with Gasteiger partial charge in [0, 0.05) is 10.4 Å². The van der Waals surface area contributed by atoms with Crippen molar-refractivity contribution in [1.82, 2.24) is 0 Å². The maximum absolute atomic E-state index is 12.4. The maximum Gasteiger partial charge on any atom is 0.416 e. The molecule has 0 saturated carbocycles. The molecular formula is C11H6ClF3. The molecule has 0 aliphatic heterocycles. The summed E-state index contributed by atoms with van der Waals surface area (Å²) >= 11 is 5.77. The van der Waals surface area contributed by atoms with Crippen LogP contribution in [0.15, 0.2) is 36.4 Å². The van der Waals surface area contributed by atoms with Crippen LogP contribution in [0.25, 0.3) is 10.8 Å². The summed E-state index contributed by atoms with van der Waals surface area (Å²) in [5.74, 6) is 0. The van der Waals surface area contributed by atoms with Crippen molar-refractivity contribution in [3.63, 3.8) is 0 Å². The maximum atomic E-state index is 12.4. The van der Waals surface area contributed by atoms with Gasteiger partial charge in [0.15, 0.2) is 0 Å². The Bertz CT molecular complexity index is 503. The molecular weight excluding hydrogens is 225 g/mol. The van der Waals surface area contributed by atoms with Crippen molar-refractivity contribution in [1.29, 1.82) is 0 Å². The van der Waals surface area contributed by atoms with E-state index in [0.29, 0.717) is 10.8 Å². The molecule has 2 aromatic carbocycles. The molecule has 0 amide bonds. The van der Waals surface area contributed by atoms with Crippen molar-refractivity contribution in [2.75, 3.05) is 0 Å². The smallest absolute Gasteiger partial charge is 0.166 e. The number of benzene rings is 2. The van der Waals surface area contributed by atoms with Gasteiger partial charge in [0.2, 0.25) is 0 Å². The molecule has 0 aliphatic rings. The average molecular weight is 231 g/mol. The quantitative estimate of drug-likeness (QED) is 0.625.